The van der Waals surface area contributed by atoms with Crippen molar-refractivity contribution < 1.29 is 19.6 Å². The van der Waals surface area contributed by atoms with Gasteiger partial charge in [-0.05, 0) is 43.7 Å². The van der Waals surface area contributed by atoms with E-state index in [9.17, 15) is 14.3 Å². The molecular weight excluding hydrogens is 245 g/mol. The topological polar surface area (TPSA) is 56.7 Å². The Morgan fingerprint density at radius 2 is 1.84 bits per heavy atom. The molecule has 0 aliphatic heterocycles. The standard InChI is InChI=1S/C15H20FNO2/c16-14-7-3-12(4-8-14)10-17-9-11-1-5-13(6-2-11)15(18)19/h3-4,7-8,11,13,17H,1-2,5-6,9-10H2,(H,18,19). The maximum Gasteiger partial charge on any atom is 0.123 e. The highest BCUT2D eigenvalue weighted by Gasteiger charge is 2.22. The second-order valence-electron chi connectivity index (χ2n) is 5.39. The van der Waals surface area contributed by atoms with Gasteiger partial charge in [0.25, 0.3) is 0 Å². The fourth-order valence-electron chi connectivity index (χ4n) is 2.74. The number of carbonyl (C=O) groups excluding carboxylic acids is 1. The van der Waals surface area contributed by atoms with Gasteiger partial charge in [-0.15, -0.1) is 0 Å². The number of quaternary nitrogens is 1. The molecule has 104 valence electrons. The summed E-state index contributed by atoms with van der Waals surface area (Å²) in [7, 11) is 0. The quantitative estimate of drug-likeness (QED) is 0.840. The van der Waals surface area contributed by atoms with E-state index in [0.29, 0.717) is 5.92 Å². The Bertz CT molecular complexity index is 411. The predicted octanol–water partition coefficient (Wildman–Crippen LogP) is 0.445. The van der Waals surface area contributed by atoms with Crippen molar-refractivity contribution >= 4 is 5.97 Å². The number of carboxylic acid groups (broad SMARTS) is 1. The molecule has 3 nitrogen and oxygen atoms in total. The van der Waals surface area contributed by atoms with Crippen molar-refractivity contribution in [3.63, 3.8) is 0 Å². The summed E-state index contributed by atoms with van der Waals surface area (Å²) < 4.78 is 12.7. The van der Waals surface area contributed by atoms with Gasteiger partial charge in [-0.1, -0.05) is 12.1 Å². The van der Waals surface area contributed by atoms with E-state index in [1.807, 2.05) is 0 Å². The number of hydrogen-bond acceptors (Lipinski definition) is 2. The smallest absolute Gasteiger partial charge is 0.123 e. The molecule has 1 aliphatic rings. The number of aliphatic carboxylic acids is 1. The first-order chi connectivity index (χ1) is 9.15. The lowest BCUT2D eigenvalue weighted by Gasteiger charge is -2.27. The second-order valence-corrected chi connectivity index (χ2v) is 5.39. The third kappa shape index (κ3) is 4.31. The maximum atomic E-state index is 12.7. The highest BCUT2D eigenvalue weighted by atomic mass is 19.1. The molecule has 0 atom stereocenters. The van der Waals surface area contributed by atoms with Gasteiger partial charge in [0.2, 0.25) is 0 Å². The molecule has 1 fully saturated rings. The molecule has 0 spiro atoms. The van der Waals surface area contributed by atoms with Gasteiger partial charge in [-0.25, -0.2) is 4.39 Å². The molecule has 0 saturated heterocycles. The molecule has 0 bridgehead atoms. The van der Waals surface area contributed by atoms with Gasteiger partial charge in [0, 0.05) is 17.5 Å². The molecule has 0 amide bonds. The van der Waals surface area contributed by atoms with Crippen LogP contribution in [0, 0.1) is 17.7 Å². The molecule has 1 aliphatic carbocycles. The minimum absolute atomic E-state index is 0.204. The monoisotopic (exact) mass is 265 g/mol. The third-order valence-corrected chi connectivity index (χ3v) is 3.97. The van der Waals surface area contributed by atoms with Gasteiger partial charge in [-0.2, -0.15) is 0 Å². The number of rotatable bonds is 5. The molecule has 0 unspecified atom stereocenters. The number of nitrogens with two attached hydrogens (primary N) is 1. The highest BCUT2D eigenvalue weighted by Crippen LogP contribution is 2.27. The second kappa shape index (κ2) is 6.66. The van der Waals surface area contributed by atoms with Crippen LogP contribution in [0.2, 0.25) is 0 Å². The number of hydrogen-bond donors (Lipinski definition) is 1. The van der Waals surface area contributed by atoms with Crippen molar-refractivity contribution in [2.75, 3.05) is 6.54 Å². The molecule has 19 heavy (non-hydrogen) atoms. The van der Waals surface area contributed by atoms with E-state index in [0.717, 1.165) is 44.3 Å². The van der Waals surface area contributed by atoms with Gasteiger partial charge in [-0.3, -0.25) is 0 Å². The fraction of sp³-hybridized carbons (Fsp3) is 0.533. The van der Waals surface area contributed by atoms with E-state index in [1.54, 1.807) is 12.1 Å². The zero-order valence-electron chi connectivity index (χ0n) is 11.0. The Morgan fingerprint density at radius 3 is 2.42 bits per heavy atom. The Labute approximate surface area is 112 Å². The first-order valence-corrected chi connectivity index (χ1v) is 6.92. The molecule has 1 aromatic rings. The van der Waals surface area contributed by atoms with Crippen molar-refractivity contribution in [3.05, 3.63) is 35.6 Å². The summed E-state index contributed by atoms with van der Waals surface area (Å²) in [5, 5.41) is 13.0. The van der Waals surface area contributed by atoms with Crippen molar-refractivity contribution in [2.45, 2.75) is 32.2 Å². The van der Waals surface area contributed by atoms with Crippen molar-refractivity contribution in [1.29, 1.82) is 0 Å². The average Bonchev–Trinajstić information content (AvgIpc) is 2.41. The van der Waals surface area contributed by atoms with Gasteiger partial charge in [0.05, 0.1) is 6.54 Å². The third-order valence-electron chi connectivity index (χ3n) is 3.97. The molecular formula is C15H20FNO2. The minimum Gasteiger partial charge on any atom is -0.550 e. The van der Waals surface area contributed by atoms with Crippen LogP contribution >= 0.6 is 0 Å². The number of halogens is 1. The van der Waals surface area contributed by atoms with E-state index >= 15 is 0 Å². The van der Waals surface area contributed by atoms with Crippen LogP contribution in [0.3, 0.4) is 0 Å². The van der Waals surface area contributed by atoms with E-state index in [4.69, 9.17) is 0 Å². The van der Waals surface area contributed by atoms with Crippen LogP contribution in [-0.4, -0.2) is 12.5 Å². The van der Waals surface area contributed by atoms with Crippen LogP contribution in [0.15, 0.2) is 24.3 Å². The summed E-state index contributed by atoms with van der Waals surface area (Å²) in [6, 6.07) is 6.57. The summed E-state index contributed by atoms with van der Waals surface area (Å²) in [6.45, 7) is 1.86. The molecule has 1 aromatic carbocycles. The molecule has 0 aromatic heterocycles. The molecule has 0 radical (unpaired) electrons. The van der Waals surface area contributed by atoms with Gasteiger partial charge in [0.1, 0.15) is 12.4 Å². The summed E-state index contributed by atoms with van der Waals surface area (Å²) in [5.41, 5.74) is 1.12. The number of carbonyl (C=O) groups is 1. The fourth-order valence-corrected chi connectivity index (χ4v) is 2.74. The van der Waals surface area contributed by atoms with Gasteiger partial charge < -0.3 is 15.2 Å². The van der Waals surface area contributed by atoms with E-state index in [1.165, 1.54) is 12.1 Å². The molecule has 4 heteroatoms. The van der Waals surface area contributed by atoms with E-state index in [2.05, 4.69) is 5.32 Å². The van der Waals surface area contributed by atoms with Gasteiger partial charge >= 0.3 is 0 Å². The van der Waals surface area contributed by atoms with E-state index < -0.39 is 5.97 Å². The Balaban J connectivity index is 1.67. The lowest BCUT2D eigenvalue weighted by atomic mass is 9.82. The van der Waals surface area contributed by atoms with Crippen LogP contribution in [-0.2, 0) is 11.3 Å². The Hall–Kier alpha value is -1.42. The average molecular weight is 265 g/mol. The SMILES string of the molecule is O=C([O-])C1CCC(C[NH2+]Cc2ccc(F)cc2)CC1. The minimum atomic E-state index is -0.895. The zero-order valence-corrected chi connectivity index (χ0v) is 11.0. The van der Waals surface area contributed by atoms with Crippen LogP contribution in [0.5, 0.6) is 0 Å². The summed E-state index contributed by atoms with van der Waals surface area (Å²) in [4.78, 5) is 10.7. The normalized spacial score (nSPS) is 23.2. The summed E-state index contributed by atoms with van der Waals surface area (Å²) in [6.07, 6.45) is 3.44. The molecule has 2 N–H and O–H groups in total. The van der Waals surface area contributed by atoms with Crippen LogP contribution < -0.4 is 10.4 Å². The Kier molecular flexibility index (Phi) is 4.91. The van der Waals surface area contributed by atoms with Crippen molar-refractivity contribution in [1.82, 2.24) is 0 Å². The molecule has 1 saturated carbocycles. The van der Waals surface area contributed by atoms with Crippen LogP contribution in [0.1, 0.15) is 31.2 Å². The lowest BCUT2D eigenvalue weighted by Crippen LogP contribution is -2.84. The largest absolute Gasteiger partial charge is 0.550 e. The summed E-state index contributed by atoms with van der Waals surface area (Å²) >= 11 is 0. The first kappa shape index (κ1) is 14.0. The first-order valence-electron chi connectivity index (χ1n) is 6.92. The van der Waals surface area contributed by atoms with E-state index in [-0.39, 0.29) is 11.7 Å². The van der Waals surface area contributed by atoms with Crippen LogP contribution in [0.25, 0.3) is 0 Å². The molecule has 2 rings (SSSR count). The highest BCUT2D eigenvalue weighted by molar-refractivity contribution is 5.67. The zero-order chi connectivity index (χ0) is 13.7. The maximum absolute atomic E-state index is 12.7. The predicted molar refractivity (Wildman–Crippen MR) is 67.4 cm³/mol. The lowest BCUT2D eigenvalue weighted by molar-refractivity contribution is -0.676. The summed E-state index contributed by atoms with van der Waals surface area (Å²) in [5.74, 6) is -0.748. The van der Waals surface area contributed by atoms with Crippen LogP contribution in [0.4, 0.5) is 4.39 Å². The number of carboxylic acids is 1. The number of benzene rings is 1. The van der Waals surface area contributed by atoms with Gasteiger partial charge in [0.15, 0.2) is 0 Å². The van der Waals surface area contributed by atoms with Crippen molar-refractivity contribution in [3.8, 4) is 0 Å². The Morgan fingerprint density at radius 1 is 1.21 bits per heavy atom. The molecule has 0 heterocycles. The van der Waals surface area contributed by atoms with Crippen molar-refractivity contribution in [2.24, 2.45) is 11.8 Å².